The molecule has 1 heterocycles. The number of nitrogens with zero attached hydrogens (tertiary/aromatic N) is 1. The average Bonchev–Trinajstić information content (AvgIpc) is 3.06. The monoisotopic (exact) mass is 409 g/mol. The molecular weight excluding hydrogens is 378 g/mol. The first kappa shape index (κ1) is 21.5. The smallest absolute Gasteiger partial charge is 0.254 e. The number of carbonyl (C=O) groups is 2. The maximum Gasteiger partial charge on any atom is 0.254 e. The van der Waals surface area contributed by atoms with Gasteiger partial charge in [0.25, 0.3) is 5.91 Å². The second-order valence-electron chi connectivity index (χ2n) is 9.34. The van der Waals surface area contributed by atoms with E-state index in [4.69, 9.17) is 4.43 Å². The van der Waals surface area contributed by atoms with E-state index in [1.54, 1.807) is 4.90 Å². The number of likely N-dealkylation sites (tertiary alicyclic amines) is 1. The number of benzene rings is 2. The van der Waals surface area contributed by atoms with Gasteiger partial charge in [-0.3, -0.25) is 9.59 Å². The van der Waals surface area contributed by atoms with E-state index in [9.17, 15) is 9.59 Å². The molecule has 0 spiro atoms. The third kappa shape index (κ3) is 4.85. The SMILES string of the molecule is CC(C)(C)[Si](C)(C)OCC1CC(=O)CN1C(=O)c1ccc(-c2ccccc2)cc1. The number of ketones is 1. The summed E-state index contributed by atoms with van der Waals surface area (Å²) in [6.07, 6.45) is 0.377. The molecule has 1 atom stereocenters. The maximum atomic E-state index is 13.1. The Morgan fingerprint density at radius 2 is 1.62 bits per heavy atom. The lowest BCUT2D eigenvalue weighted by molar-refractivity contribution is -0.116. The first-order valence-electron chi connectivity index (χ1n) is 10.2. The van der Waals surface area contributed by atoms with Gasteiger partial charge in [0.2, 0.25) is 0 Å². The molecule has 1 saturated heterocycles. The van der Waals surface area contributed by atoms with Gasteiger partial charge < -0.3 is 9.33 Å². The Hall–Kier alpha value is -2.24. The van der Waals surface area contributed by atoms with Gasteiger partial charge in [0.1, 0.15) is 0 Å². The highest BCUT2D eigenvalue weighted by atomic mass is 28.4. The third-order valence-electron chi connectivity index (χ3n) is 6.19. The average molecular weight is 410 g/mol. The fraction of sp³-hybridized carbons (Fsp3) is 0.417. The van der Waals surface area contributed by atoms with Crippen LogP contribution in [-0.2, 0) is 9.22 Å². The minimum absolute atomic E-state index is 0.0950. The van der Waals surface area contributed by atoms with Crippen LogP contribution in [0.1, 0.15) is 37.6 Å². The molecule has 5 heteroatoms. The molecule has 0 N–H and O–H groups in total. The van der Waals surface area contributed by atoms with Crippen LogP contribution >= 0.6 is 0 Å². The first-order valence-corrected chi connectivity index (χ1v) is 13.1. The minimum Gasteiger partial charge on any atom is -0.415 e. The molecule has 0 aromatic heterocycles. The Balaban J connectivity index is 1.72. The van der Waals surface area contributed by atoms with Crippen LogP contribution in [0.25, 0.3) is 11.1 Å². The van der Waals surface area contributed by atoms with E-state index in [1.807, 2.05) is 54.6 Å². The van der Waals surface area contributed by atoms with E-state index in [0.29, 0.717) is 18.6 Å². The van der Waals surface area contributed by atoms with Gasteiger partial charge in [-0.15, -0.1) is 0 Å². The lowest BCUT2D eigenvalue weighted by Gasteiger charge is -2.37. The van der Waals surface area contributed by atoms with Crippen LogP contribution in [0.15, 0.2) is 54.6 Å². The summed E-state index contributed by atoms with van der Waals surface area (Å²) >= 11 is 0. The number of carbonyl (C=O) groups excluding carboxylic acids is 2. The standard InChI is InChI=1S/C24H31NO3Si/c1-24(2,3)29(4,5)28-17-21-15-22(26)16-25(21)23(27)20-13-11-19(12-14-20)18-9-7-6-8-10-18/h6-14,21H,15-17H2,1-5H3. The Bertz CT molecular complexity index is 869. The summed E-state index contributed by atoms with van der Waals surface area (Å²) < 4.78 is 6.31. The molecule has 1 aliphatic rings. The number of amides is 1. The zero-order chi connectivity index (χ0) is 21.2. The summed E-state index contributed by atoms with van der Waals surface area (Å²) in [5, 5.41) is 0.0950. The van der Waals surface area contributed by atoms with Gasteiger partial charge in [0.05, 0.1) is 19.2 Å². The molecule has 2 aromatic rings. The van der Waals surface area contributed by atoms with Crippen molar-refractivity contribution in [1.29, 1.82) is 0 Å². The molecule has 0 saturated carbocycles. The Kier molecular flexibility index (Phi) is 6.10. The molecule has 1 amide bonds. The van der Waals surface area contributed by atoms with Crippen LogP contribution < -0.4 is 0 Å². The van der Waals surface area contributed by atoms with Crippen molar-refractivity contribution in [1.82, 2.24) is 4.90 Å². The van der Waals surface area contributed by atoms with Crippen molar-refractivity contribution in [3.63, 3.8) is 0 Å². The second kappa shape index (κ2) is 8.25. The highest BCUT2D eigenvalue weighted by Crippen LogP contribution is 2.37. The van der Waals surface area contributed by atoms with Crippen LogP contribution in [-0.4, -0.2) is 44.1 Å². The van der Waals surface area contributed by atoms with Gasteiger partial charge in [0, 0.05) is 12.0 Å². The number of rotatable bonds is 5. The largest absolute Gasteiger partial charge is 0.415 e. The van der Waals surface area contributed by atoms with Crippen molar-refractivity contribution < 1.29 is 14.0 Å². The third-order valence-corrected chi connectivity index (χ3v) is 10.7. The summed E-state index contributed by atoms with van der Waals surface area (Å²) in [6.45, 7) is 11.6. The van der Waals surface area contributed by atoms with Crippen molar-refractivity contribution in [2.24, 2.45) is 0 Å². The van der Waals surface area contributed by atoms with Crippen LogP contribution in [0.3, 0.4) is 0 Å². The van der Waals surface area contributed by atoms with Gasteiger partial charge in [-0.1, -0.05) is 63.2 Å². The van der Waals surface area contributed by atoms with Gasteiger partial charge in [-0.05, 0) is 41.4 Å². The predicted octanol–water partition coefficient (Wildman–Crippen LogP) is 5.16. The lowest BCUT2D eigenvalue weighted by atomic mass is 10.0. The summed E-state index contributed by atoms with van der Waals surface area (Å²) in [4.78, 5) is 26.9. The highest BCUT2D eigenvalue weighted by molar-refractivity contribution is 6.74. The molecular formula is C24H31NO3Si. The minimum atomic E-state index is -1.93. The fourth-order valence-electron chi connectivity index (χ4n) is 3.27. The number of Topliss-reactive ketones (excluding diaryl/α,β-unsaturated/α-hetero) is 1. The number of hydrogen-bond donors (Lipinski definition) is 0. The van der Waals surface area contributed by atoms with E-state index >= 15 is 0 Å². The Morgan fingerprint density at radius 1 is 1.03 bits per heavy atom. The van der Waals surface area contributed by atoms with E-state index < -0.39 is 8.32 Å². The zero-order valence-corrected chi connectivity index (χ0v) is 19.1. The van der Waals surface area contributed by atoms with Gasteiger partial charge >= 0.3 is 0 Å². The summed E-state index contributed by atoms with van der Waals surface area (Å²) in [6, 6.07) is 17.5. The fourth-order valence-corrected chi connectivity index (χ4v) is 4.31. The molecule has 3 rings (SSSR count). The van der Waals surface area contributed by atoms with Crippen LogP contribution in [0.4, 0.5) is 0 Å². The quantitative estimate of drug-likeness (QED) is 0.641. The van der Waals surface area contributed by atoms with Gasteiger partial charge in [0.15, 0.2) is 14.1 Å². The summed E-state index contributed by atoms with van der Waals surface area (Å²) in [5.41, 5.74) is 2.79. The summed E-state index contributed by atoms with van der Waals surface area (Å²) in [7, 11) is -1.93. The first-order chi connectivity index (χ1) is 13.6. The van der Waals surface area contributed by atoms with E-state index in [1.165, 1.54) is 0 Å². The molecule has 0 radical (unpaired) electrons. The Labute approximate surface area is 175 Å². The maximum absolute atomic E-state index is 13.1. The van der Waals surface area contributed by atoms with E-state index in [-0.39, 0.29) is 29.3 Å². The second-order valence-corrected chi connectivity index (χ2v) is 14.2. The molecule has 0 aliphatic carbocycles. The molecule has 1 unspecified atom stereocenters. The normalized spacial score (nSPS) is 17.6. The Morgan fingerprint density at radius 3 is 2.21 bits per heavy atom. The van der Waals surface area contributed by atoms with E-state index in [2.05, 4.69) is 33.9 Å². The van der Waals surface area contributed by atoms with Crippen molar-refractivity contribution in [3.05, 3.63) is 60.2 Å². The van der Waals surface area contributed by atoms with Crippen LogP contribution in [0.2, 0.25) is 18.1 Å². The van der Waals surface area contributed by atoms with Crippen molar-refractivity contribution in [3.8, 4) is 11.1 Å². The molecule has 2 aromatic carbocycles. The lowest BCUT2D eigenvalue weighted by Crippen LogP contribution is -2.46. The zero-order valence-electron chi connectivity index (χ0n) is 18.1. The van der Waals surface area contributed by atoms with Crippen molar-refractivity contribution in [2.75, 3.05) is 13.2 Å². The molecule has 1 aliphatic heterocycles. The highest BCUT2D eigenvalue weighted by Gasteiger charge is 2.40. The van der Waals surface area contributed by atoms with Gasteiger partial charge in [-0.2, -0.15) is 0 Å². The van der Waals surface area contributed by atoms with Crippen molar-refractivity contribution >= 4 is 20.0 Å². The topological polar surface area (TPSA) is 46.6 Å². The van der Waals surface area contributed by atoms with Crippen LogP contribution in [0.5, 0.6) is 0 Å². The number of hydrogen-bond acceptors (Lipinski definition) is 3. The molecule has 29 heavy (non-hydrogen) atoms. The molecule has 4 nitrogen and oxygen atoms in total. The van der Waals surface area contributed by atoms with Gasteiger partial charge in [-0.25, -0.2) is 0 Å². The van der Waals surface area contributed by atoms with Crippen LogP contribution in [0, 0.1) is 0 Å². The molecule has 0 bridgehead atoms. The molecule has 154 valence electrons. The van der Waals surface area contributed by atoms with E-state index in [0.717, 1.165) is 11.1 Å². The predicted molar refractivity (Wildman–Crippen MR) is 119 cm³/mol. The summed E-state index contributed by atoms with van der Waals surface area (Å²) in [5.74, 6) is 0.00220. The van der Waals surface area contributed by atoms with Crippen molar-refractivity contribution in [2.45, 2.75) is 51.4 Å². The molecule has 1 fully saturated rings.